The van der Waals surface area contributed by atoms with Crippen molar-refractivity contribution in [2.24, 2.45) is 0 Å². The second-order valence-corrected chi connectivity index (χ2v) is 2.32. The molecule has 52 valence electrons. The van der Waals surface area contributed by atoms with Gasteiger partial charge in [-0.15, -0.1) is 0 Å². The molecule has 0 radical (unpaired) electrons. The predicted molar refractivity (Wildman–Crippen MR) is 28.8 cm³/mol. The second kappa shape index (κ2) is 24.7. The Morgan fingerprint density at radius 3 is 0.455 bits per heavy atom. The van der Waals surface area contributed by atoms with Gasteiger partial charge in [0.15, 0.2) is 0 Å². The van der Waals surface area contributed by atoms with Gasteiger partial charge in [0, 0.05) is 0 Å². The van der Waals surface area contributed by atoms with E-state index in [4.69, 9.17) is 24.6 Å². The zero-order chi connectivity index (χ0) is 7.15. The number of hydrogen-bond acceptors (Lipinski definition) is 6. The Balaban J connectivity index is -0.0000000171. The fraction of sp³-hybridized carbons (Fsp3) is 0. The van der Waals surface area contributed by atoms with E-state index in [9.17, 15) is 0 Å². The molecule has 0 N–H and O–H groups in total. The van der Waals surface area contributed by atoms with E-state index in [0.717, 1.165) is 0 Å². The van der Waals surface area contributed by atoms with Crippen LogP contribution in [-0.4, -0.2) is 178 Å². The summed E-state index contributed by atoms with van der Waals surface area (Å²) in [6.45, 7) is 0. The Morgan fingerprint density at radius 2 is 0.455 bits per heavy atom. The van der Waals surface area contributed by atoms with Gasteiger partial charge in [-0.1, -0.05) is 0 Å². The van der Waals surface area contributed by atoms with E-state index in [0.29, 0.717) is 0 Å². The van der Waals surface area contributed by atoms with Crippen molar-refractivity contribution < 1.29 is 24.6 Å². The van der Waals surface area contributed by atoms with Crippen molar-refractivity contribution in [1.82, 2.24) is 0 Å². The first-order valence-corrected chi connectivity index (χ1v) is 5.69. The summed E-state index contributed by atoms with van der Waals surface area (Å²) < 4.78 is 51.4. The number of hydrogen-bond donors (Lipinski definition) is 0. The molecule has 0 fully saturated rings. The van der Waals surface area contributed by atoms with Crippen LogP contribution in [0.1, 0.15) is 0 Å². The van der Waals surface area contributed by atoms with Crippen LogP contribution in [-0.2, 0) is 0 Å². The van der Waals surface area contributed by atoms with E-state index in [1.165, 1.54) is 0 Å². The summed E-state index contributed by atoms with van der Waals surface area (Å²) in [4.78, 5) is 0. The molecule has 0 aliphatic rings. The van der Waals surface area contributed by atoms with Gasteiger partial charge in [-0.3, -0.25) is 0 Å². The maximum atomic E-state index is 8.56. The normalized spacial score (nSPS) is 6.55. The van der Waals surface area contributed by atoms with Crippen molar-refractivity contribution in [3.63, 3.8) is 0 Å². The van der Waals surface area contributed by atoms with Gasteiger partial charge in [-0.05, 0) is 0 Å². The van der Waals surface area contributed by atoms with Crippen molar-refractivity contribution in [3.8, 4) is 0 Å². The van der Waals surface area contributed by atoms with Gasteiger partial charge in [-0.25, -0.2) is 0 Å². The third kappa shape index (κ3) is 92.1. The minimum absolute atomic E-state index is 0. The molecule has 0 aromatic rings. The monoisotopic (exact) mass is 660 g/mol. The van der Waals surface area contributed by atoms with Crippen LogP contribution in [0.5, 0.6) is 0 Å². The quantitative estimate of drug-likeness (QED) is 0.237. The van der Waals surface area contributed by atoms with Gasteiger partial charge in [-0.2, -0.15) is 0 Å². The Labute approximate surface area is 196 Å². The molecule has 11 heteroatoms. The first-order valence-electron chi connectivity index (χ1n) is 1.10. The summed E-state index contributed by atoms with van der Waals surface area (Å²) in [7, 11) is 0. The van der Waals surface area contributed by atoms with E-state index in [1.807, 2.05) is 0 Å². The number of rotatable bonds is 0. The van der Waals surface area contributed by atoms with Crippen molar-refractivity contribution in [1.29, 1.82) is 0 Å². The Hall–Kier alpha value is 5.59. The molecule has 0 spiro atoms. The van der Waals surface area contributed by atoms with E-state index in [-0.39, 0.29) is 147 Å². The molecular formula is As2Ba3O6. The molecule has 0 amide bonds. The maximum absolute atomic E-state index is 8.56. The van der Waals surface area contributed by atoms with E-state index in [1.54, 1.807) is 0 Å². The predicted octanol–water partition coefficient (Wildman–Crippen LogP) is -9.04. The summed E-state index contributed by atoms with van der Waals surface area (Å²) in [6, 6.07) is 0. The van der Waals surface area contributed by atoms with Crippen molar-refractivity contribution >= 4 is 178 Å². The average Bonchev–Trinajstić information content (AvgIpc) is 1.25. The van der Waals surface area contributed by atoms with Crippen LogP contribution in [0.2, 0.25) is 0 Å². The van der Waals surface area contributed by atoms with Gasteiger partial charge in [0.1, 0.15) is 0 Å². The molecule has 0 bridgehead atoms. The van der Waals surface area contributed by atoms with Crippen LogP contribution in [0.25, 0.3) is 0 Å². The van der Waals surface area contributed by atoms with Crippen LogP contribution in [0, 0.1) is 0 Å². The van der Waals surface area contributed by atoms with E-state index >= 15 is 0 Å². The Kier molecular flexibility index (Phi) is 67.4. The third-order valence-electron chi connectivity index (χ3n) is 0. The van der Waals surface area contributed by atoms with Gasteiger partial charge in [0.05, 0.1) is 0 Å². The molecule has 0 heterocycles. The third-order valence-corrected chi connectivity index (χ3v) is 0. The molecule has 0 aromatic carbocycles. The van der Waals surface area contributed by atoms with Crippen LogP contribution < -0.4 is 24.6 Å². The van der Waals surface area contributed by atoms with E-state index < -0.39 is 31.4 Å². The first-order chi connectivity index (χ1) is 3.46. The molecule has 0 rings (SSSR count). The van der Waals surface area contributed by atoms with Crippen LogP contribution >= 0.6 is 0 Å². The molecular weight excluding hydrogens is 658 g/mol. The summed E-state index contributed by atoms with van der Waals surface area (Å²) in [6.07, 6.45) is 0. The van der Waals surface area contributed by atoms with Crippen molar-refractivity contribution in [3.05, 3.63) is 0 Å². The standard InChI is InChI=1S/2AsO3.3Ba/c2*2-1(3)4;;;/q2*-3;3*+2. The molecule has 0 atom stereocenters. The molecule has 0 unspecified atom stereocenters. The van der Waals surface area contributed by atoms with E-state index in [2.05, 4.69) is 0 Å². The van der Waals surface area contributed by atoms with Crippen LogP contribution in [0.3, 0.4) is 0 Å². The first kappa shape index (κ1) is 30.0. The SMILES string of the molecule is [Ba+2].[Ba+2].[Ba+2].[O-][As]([O-])[O-].[O-][As]([O-])[O-]. The molecule has 0 aliphatic heterocycles. The van der Waals surface area contributed by atoms with Gasteiger partial charge in [0.2, 0.25) is 0 Å². The van der Waals surface area contributed by atoms with Crippen LogP contribution in [0.4, 0.5) is 0 Å². The zero-order valence-corrected chi connectivity index (χ0v) is 22.5. The van der Waals surface area contributed by atoms with Crippen molar-refractivity contribution in [2.45, 2.75) is 0 Å². The Bertz CT molecular complexity index is 31.3. The molecule has 0 aliphatic carbocycles. The summed E-state index contributed by atoms with van der Waals surface area (Å²) >= 11 is -7.88. The summed E-state index contributed by atoms with van der Waals surface area (Å²) in [5, 5.41) is 0. The van der Waals surface area contributed by atoms with Gasteiger partial charge in [0.25, 0.3) is 0 Å². The van der Waals surface area contributed by atoms with Crippen molar-refractivity contribution in [2.75, 3.05) is 0 Å². The Morgan fingerprint density at radius 1 is 0.455 bits per heavy atom. The summed E-state index contributed by atoms with van der Waals surface area (Å²) in [5.74, 6) is 0. The fourth-order valence-corrected chi connectivity index (χ4v) is 0. The van der Waals surface area contributed by atoms with Gasteiger partial charge >= 0.3 is 203 Å². The van der Waals surface area contributed by atoms with Gasteiger partial charge < -0.3 is 0 Å². The molecule has 0 saturated heterocycles. The molecule has 0 saturated carbocycles. The molecule has 0 aromatic heterocycles. The van der Waals surface area contributed by atoms with Crippen LogP contribution in [0.15, 0.2) is 0 Å². The topological polar surface area (TPSA) is 138 Å². The molecule has 11 heavy (non-hydrogen) atoms. The average molecular weight is 658 g/mol. The minimum atomic E-state index is -3.94. The fourth-order valence-electron chi connectivity index (χ4n) is 0. The second-order valence-electron chi connectivity index (χ2n) is 0.447. The summed E-state index contributed by atoms with van der Waals surface area (Å²) in [5.41, 5.74) is 0. The molecule has 6 nitrogen and oxygen atoms in total. The zero-order valence-electron chi connectivity index (χ0n) is 5.47.